The fourth-order valence-electron chi connectivity index (χ4n) is 2.26. The van der Waals surface area contributed by atoms with Crippen LogP contribution in [0, 0.1) is 0 Å². The molecule has 0 rings (SSSR count). The number of hydrogen-bond donors (Lipinski definition) is 2. The molecule has 0 unspecified atom stereocenters. The fraction of sp³-hybridized carbons (Fsp3) is 1.00. The second kappa shape index (κ2) is 12.0. The van der Waals surface area contributed by atoms with Crippen LogP contribution in [0.3, 0.4) is 0 Å². The minimum absolute atomic E-state index is 0.352. The quantitative estimate of drug-likeness (QED) is 0.480. The highest BCUT2D eigenvalue weighted by molar-refractivity contribution is 4.64. The van der Waals surface area contributed by atoms with E-state index in [9.17, 15) is 5.11 Å². The highest BCUT2D eigenvalue weighted by Gasteiger charge is 2.10. The van der Waals surface area contributed by atoms with Gasteiger partial charge in [0.1, 0.15) is 0 Å². The summed E-state index contributed by atoms with van der Waals surface area (Å²) in [7, 11) is 0. The van der Waals surface area contributed by atoms with Crippen LogP contribution in [0.2, 0.25) is 0 Å². The van der Waals surface area contributed by atoms with Gasteiger partial charge in [0.2, 0.25) is 0 Å². The van der Waals surface area contributed by atoms with Gasteiger partial charge in [-0.05, 0) is 26.7 Å². The Kier molecular flexibility index (Phi) is 11.9. The third-order valence-electron chi connectivity index (χ3n) is 3.45. The van der Waals surface area contributed by atoms with Crippen LogP contribution in [-0.4, -0.2) is 22.4 Å². The van der Waals surface area contributed by atoms with Gasteiger partial charge in [-0.25, -0.2) is 0 Å². The van der Waals surface area contributed by atoms with Gasteiger partial charge < -0.3 is 10.2 Å². The van der Waals surface area contributed by atoms with Gasteiger partial charge in [0.25, 0.3) is 0 Å². The van der Waals surface area contributed by atoms with Crippen molar-refractivity contribution in [3.8, 4) is 0 Å². The minimum atomic E-state index is -0.478. The van der Waals surface area contributed by atoms with Crippen LogP contribution in [-0.2, 0) is 0 Å². The number of unbranched alkanes of at least 4 members (excludes halogenated alkanes) is 10. The van der Waals surface area contributed by atoms with Crippen LogP contribution in [0.1, 0.15) is 90.9 Å². The molecule has 2 N–H and O–H groups in total. The van der Waals surface area contributed by atoms with E-state index < -0.39 is 5.60 Å². The fourth-order valence-corrected chi connectivity index (χ4v) is 2.26. The first-order chi connectivity index (χ1) is 8.56. The van der Waals surface area contributed by atoms with Crippen molar-refractivity contribution in [3.63, 3.8) is 0 Å². The van der Waals surface area contributed by atoms with E-state index in [-0.39, 0.29) is 0 Å². The Bertz CT molecular complexity index is 161. The first-order valence-electron chi connectivity index (χ1n) is 7.89. The van der Waals surface area contributed by atoms with E-state index in [1.165, 1.54) is 57.8 Å². The van der Waals surface area contributed by atoms with Crippen LogP contribution in [0.5, 0.6) is 0 Å². The molecule has 0 aromatic heterocycles. The summed E-state index contributed by atoms with van der Waals surface area (Å²) >= 11 is 0. The Morgan fingerprint density at radius 2 is 0.944 bits per heavy atom. The van der Waals surface area contributed by atoms with Crippen molar-refractivity contribution in [2.45, 2.75) is 96.5 Å². The van der Waals surface area contributed by atoms with Crippen molar-refractivity contribution in [3.05, 3.63) is 0 Å². The molecule has 0 bridgehead atoms. The monoisotopic (exact) mass is 258 g/mol. The topological polar surface area (TPSA) is 40.5 Å². The lowest BCUT2D eigenvalue weighted by Gasteiger charge is -2.16. The molecule has 0 saturated carbocycles. The maximum atomic E-state index is 9.56. The molecule has 0 heterocycles. The molecule has 18 heavy (non-hydrogen) atoms. The van der Waals surface area contributed by atoms with Gasteiger partial charge in [0.15, 0.2) is 0 Å². The molecule has 0 atom stereocenters. The van der Waals surface area contributed by atoms with Gasteiger partial charge in [-0.3, -0.25) is 0 Å². The van der Waals surface area contributed by atoms with Crippen LogP contribution >= 0.6 is 0 Å². The van der Waals surface area contributed by atoms with E-state index in [0.717, 1.165) is 19.3 Å². The largest absolute Gasteiger partial charge is 0.396 e. The minimum Gasteiger partial charge on any atom is -0.396 e. The summed E-state index contributed by atoms with van der Waals surface area (Å²) in [6, 6.07) is 0. The zero-order valence-electron chi connectivity index (χ0n) is 12.6. The molecule has 0 saturated heterocycles. The van der Waals surface area contributed by atoms with Crippen molar-refractivity contribution in [2.75, 3.05) is 6.61 Å². The van der Waals surface area contributed by atoms with E-state index in [1.807, 2.05) is 13.8 Å². The predicted molar refractivity (Wildman–Crippen MR) is 78.8 cm³/mol. The molecule has 0 aliphatic carbocycles. The molecule has 0 radical (unpaired) electrons. The van der Waals surface area contributed by atoms with Crippen molar-refractivity contribution in [1.82, 2.24) is 0 Å². The molecule has 0 fully saturated rings. The Morgan fingerprint density at radius 3 is 1.28 bits per heavy atom. The molecule has 2 nitrogen and oxygen atoms in total. The average Bonchev–Trinajstić information content (AvgIpc) is 2.29. The van der Waals surface area contributed by atoms with Crippen LogP contribution in [0.25, 0.3) is 0 Å². The van der Waals surface area contributed by atoms with Crippen molar-refractivity contribution in [2.24, 2.45) is 0 Å². The number of rotatable bonds is 13. The molecule has 0 spiro atoms. The summed E-state index contributed by atoms with van der Waals surface area (Å²) in [5.41, 5.74) is -0.478. The second-order valence-electron chi connectivity index (χ2n) is 6.18. The predicted octanol–water partition coefficient (Wildman–Crippen LogP) is 4.43. The summed E-state index contributed by atoms with van der Waals surface area (Å²) < 4.78 is 0. The molecular formula is C16H34O2. The van der Waals surface area contributed by atoms with Gasteiger partial charge in [-0.2, -0.15) is 0 Å². The van der Waals surface area contributed by atoms with E-state index in [4.69, 9.17) is 5.11 Å². The van der Waals surface area contributed by atoms with Crippen molar-refractivity contribution >= 4 is 0 Å². The maximum Gasteiger partial charge on any atom is 0.0591 e. The lowest BCUT2D eigenvalue weighted by atomic mass is 9.99. The summed E-state index contributed by atoms with van der Waals surface area (Å²) in [6.07, 6.45) is 14.9. The molecule has 0 aromatic carbocycles. The van der Waals surface area contributed by atoms with Gasteiger partial charge in [0, 0.05) is 6.61 Å². The van der Waals surface area contributed by atoms with Crippen molar-refractivity contribution < 1.29 is 10.2 Å². The normalized spacial score (nSPS) is 12.0. The molecule has 0 aliphatic rings. The van der Waals surface area contributed by atoms with Gasteiger partial charge >= 0.3 is 0 Å². The highest BCUT2D eigenvalue weighted by Crippen LogP contribution is 2.15. The van der Waals surface area contributed by atoms with E-state index in [2.05, 4.69) is 0 Å². The lowest BCUT2D eigenvalue weighted by molar-refractivity contribution is 0.0680. The summed E-state index contributed by atoms with van der Waals surface area (Å²) in [6.45, 7) is 4.14. The standard InChI is InChI=1S/C16H34O2/c1-16(2,18)14-12-10-8-6-4-3-5-7-9-11-13-15-17/h17-18H,3-15H2,1-2H3. The SMILES string of the molecule is CC(C)(O)CCCCCCCCCCCCCO. The van der Waals surface area contributed by atoms with Gasteiger partial charge in [-0.1, -0.05) is 64.2 Å². The summed E-state index contributed by atoms with van der Waals surface area (Å²) in [5, 5.41) is 18.2. The molecule has 0 aromatic rings. The molecule has 110 valence electrons. The van der Waals surface area contributed by atoms with Gasteiger partial charge in [-0.15, -0.1) is 0 Å². The molecule has 2 heteroatoms. The Hall–Kier alpha value is -0.0800. The third-order valence-corrected chi connectivity index (χ3v) is 3.45. The van der Waals surface area contributed by atoms with Crippen molar-refractivity contribution in [1.29, 1.82) is 0 Å². The van der Waals surface area contributed by atoms with E-state index >= 15 is 0 Å². The highest BCUT2D eigenvalue weighted by atomic mass is 16.3. The second-order valence-corrected chi connectivity index (χ2v) is 6.18. The summed E-state index contributed by atoms with van der Waals surface area (Å²) in [4.78, 5) is 0. The Morgan fingerprint density at radius 1 is 0.611 bits per heavy atom. The summed E-state index contributed by atoms with van der Waals surface area (Å²) in [5.74, 6) is 0. The molecular weight excluding hydrogens is 224 g/mol. The van der Waals surface area contributed by atoms with Crippen LogP contribution in [0.4, 0.5) is 0 Å². The molecule has 0 amide bonds. The number of aliphatic hydroxyl groups is 2. The number of aliphatic hydroxyl groups excluding tert-OH is 1. The maximum absolute atomic E-state index is 9.56. The number of hydrogen-bond acceptors (Lipinski definition) is 2. The van der Waals surface area contributed by atoms with Gasteiger partial charge in [0.05, 0.1) is 5.60 Å². The van der Waals surface area contributed by atoms with E-state index in [0.29, 0.717) is 6.61 Å². The Balaban J connectivity index is 2.99. The average molecular weight is 258 g/mol. The van der Waals surface area contributed by atoms with Crippen LogP contribution in [0.15, 0.2) is 0 Å². The smallest absolute Gasteiger partial charge is 0.0591 e. The molecule has 0 aliphatic heterocycles. The van der Waals surface area contributed by atoms with E-state index in [1.54, 1.807) is 0 Å². The van der Waals surface area contributed by atoms with Crippen LogP contribution < -0.4 is 0 Å². The third kappa shape index (κ3) is 15.9. The Labute approximate surface area is 114 Å². The first kappa shape index (κ1) is 17.9. The zero-order chi connectivity index (χ0) is 13.7. The lowest BCUT2D eigenvalue weighted by Crippen LogP contribution is -2.17. The zero-order valence-corrected chi connectivity index (χ0v) is 12.6. The first-order valence-corrected chi connectivity index (χ1v) is 7.89.